The van der Waals surface area contributed by atoms with Crippen LogP contribution in [0.2, 0.25) is 0 Å². The summed E-state index contributed by atoms with van der Waals surface area (Å²) in [5.74, 6) is 0.848. The Morgan fingerprint density at radius 3 is 2.53 bits per heavy atom. The summed E-state index contributed by atoms with van der Waals surface area (Å²) >= 11 is 0. The van der Waals surface area contributed by atoms with Gasteiger partial charge in [0.25, 0.3) is 0 Å². The van der Waals surface area contributed by atoms with Crippen molar-refractivity contribution in [2.24, 2.45) is 11.8 Å². The van der Waals surface area contributed by atoms with Crippen molar-refractivity contribution in [3.05, 3.63) is 12.2 Å². The molecule has 2 aliphatic rings. The third-order valence-electron chi connectivity index (χ3n) is 4.05. The second-order valence-corrected chi connectivity index (χ2v) is 5.89. The number of carbonyl (C=O) groups excluding carboxylic acids is 1. The lowest BCUT2D eigenvalue weighted by Gasteiger charge is -2.43. The molecule has 96 valence electrons. The number of rotatable bonds is 3. The van der Waals surface area contributed by atoms with E-state index in [1.807, 2.05) is 0 Å². The summed E-state index contributed by atoms with van der Waals surface area (Å²) in [6.45, 7) is 5.30. The molecule has 3 heteroatoms. The van der Waals surface area contributed by atoms with Crippen LogP contribution in [0.1, 0.15) is 45.4 Å². The van der Waals surface area contributed by atoms with Crippen molar-refractivity contribution in [3.8, 4) is 0 Å². The average molecular weight is 238 g/mol. The van der Waals surface area contributed by atoms with Gasteiger partial charge in [0.05, 0.1) is 5.60 Å². The van der Waals surface area contributed by atoms with Gasteiger partial charge in [0, 0.05) is 5.57 Å². The monoisotopic (exact) mass is 238 g/mol. The van der Waals surface area contributed by atoms with Crippen LogP contribution < -0.4 is 0 Å². The molecule has 0 aromatic heterocycles. The fourth-order valence-corrected chi connectivity index (χ4v) is 3.37. The number of hydrogen-bond acceptors (Lipinski definition) is 3. The SMILES string of the molecule is C=C(C)C(=O)OCC1(O)CC2CCCC(C2)C1. The van der Waals surface area contributed by atoms with Crippen LogP contribution in [-0.4, -0.2) is 23.3 Å². The van der Waals surface area contributed by atoms with Gasteiger partial charge in [-0.15, -0.1) is 0 Å². The number of ether oxygens (including phenoxy) is 1. The van der Waals surface area contributed by atoms with Gasteiger partial charge in [-0.3, -0.25) is 0 Å². The maximum Gasteiger partial charge on any atom is 0.333 e. The van der Waals surface area contributed by atoms with E-state index in [-0.39, 0.29) is 6.61 Å². The van der Waals surface area contributed by atoms with Crippen molar-refractivity contribution in [2.45, 2.75) is 51.0 Å². The van der Waals surface area contributed by atoms with Gasteiger partial charge in [-0.1, -0.05) is 25.8 Å². The Morgan fingerprint density at radius 2 is 2.00 bits per heavy atom. The first kappa shape index (κ1) is 12.6. The lowest BCUT2D eigenvalue weighted by Crippen LogP contribution is -2.45. The molecular weight excluding hydrogens is 216 g/mol. The molecule has 1 N–H and O–H groups in total. The zero-order valence-corrected chi connectivity index (χ0v) is 10.6. The first-order valence-corrected chi connectivity index (χ1v) is 6.53. The lowest BCUT2D eigenvalue weighted by molar-refractivity contribution is -0.153. The van der Waals surface area contributed by atoms with Crippen molar-refractivity contribution in [3.63, 3.8) is 0 Å². The standard InChI is InChI=1S/C14H22O3/c1-10(2)13(15)17-9-14(16)7-11-4-3-5-12(6-11)8-14/h11-12,16H,1,3-9H2,2H3. The number of fused-ring (bicyclic) bond motifs is 2. The van der Waals surface area contributed by atoms with Crippen LogP contribution in [0.15, 0.2) is 12.2 Å². The van der Waals surface area contributed by atoms with Crippen LogP contribution in [0.3, 0.4) is 0 Å². The largest absolute Gasteiger partial charge is 0.459 e. The third kappa shape index (κ3) is 3.09. The number of carbonyl (C=O) groups is 1. The summed E-state index contributed by atoms with van der Waals surface area (Å²) in [5, 5.41) is 10.5. The predicted octanol–water partition coefficient (Wildman–Crippen LogP) is 2.44. The van der Waals surface area contributed by atoms with E-state index >= 15 is 0 Å². The summed E-state index contributed by atoms with van der Waals surface area (Å²) in [5.41, 5.74) is -0.399. The van der Waals surface area contributed by atoms with E-state index in [4.69, 9.17) is 4.74 Å². The second kappa shape index (κ2) is 4.81. The highest BCUT2D eigenvalue weighted by atomic mass is 16.5. The Morgan fingerprint density at radius 1 is 1.41 bits per heavy atom. The molecule has 0 aliphatic heterocycles. The Kier molecular flexibility index (Phi) is 3.57. The second-order valence-electron chi connectivity index (χ2n) is 5.89. The molecule has 2 unspecified atom stereocenters. The Hall–Kier alpha value is -0.830. The van der Waals surface area contributed by atoms with E-state index in [9.17, 15) is 9.90 Å². The van der Waals surface area contributed by atoms with Crippen molar-refractivity contribution >= 4 is 5.97 Å². The molecule has 2 bridgehead atoms. The van der Waals surface area contributed by atoms with Gasteiger partial charge >= 0.3 is 5.97 Å². The first-order chi connectivity index (χ1) is 7.98. The molecule has 0 saturated heterocycles. The van der Waals surface area contributed by atoms with Gasteiger partial charge in [-0.2, -0.15) is 0 Å². The van der Waals surface area contributed by atoms with Crippen molar-refractivity contribution in [1.29, 1.82) is 0 Å². The van der Waals surface area contributed by atoms with Crippen LogP contribution in [0, 0.1) is 11.8 Å². The smallest absolute Gasteiger partial charge is 0.333 e. The van der Waals surface area contributed by atoms with E-state index < -0.39 is 11.6 Å². The van der Waals surface area contributed by atoms with Gasteiger partial charge in [0.15, 0.2) is 0 Å². The van der Waals surface area contributed by atoms with Crippen LogP contribution in [0.25, 0.3) is 0 Å². The van der Waals surface area contributed by atoms with E-state index in [2.05, 4.69) is 6.58 Å². The Balaban J connectivity index is 1.90. The van der Waals surface area contributed by atoms with Gasteiger partial charge < -0.3 is 9.84 Å². The molecule has 0 amide bonds. The topological polar surface area (TPSA) is 46.5 Å². The molecule has 0 spiro atoms. The minimum absolute atomic E-state index is 0.131. The van der Waals surface area contributed by atoms with Crippen molar-refractivity contribution < 1.29 is 14.6 Å². The lowest BCUT2D eigenvalue weighted by atomic mass is 9.66. The fraction of sp³-hybridized carbons (Fsp3) is 0.786. The minimum Gasteiger partial charge on any atom is -0.459 e. The van der Waals surface area contributed by atoms with Gasteiger partial charge in [-0.25, -0.2) is 4.79 Å². The minimum atomic E-state index is -0.793. The van der Waals surface area contributed by atoms with Crippen LogP contribution in [0.4, 0.5) is 0 Å². The molecule has 0 aromatic carbocycles. The third-order valence-corrected chi connectivity index (χ3v) is 4.05. The van der Waals surface area contributed by atoms with E-state index in [1.54, 1.807) is 6.92 Å². The Bertz CT molecular complexity index is 309. The normalized spacial score (nSPS) is 36.4. The van der Waals surface area contributed by atoms with E-state index in [0.717, 1.165) is 12.8 Å². The van der Waals surface area contributed by atoms with Gasteiger partial charge in [-0.05, 0) is 38.0 Å². The Labute approximate surface area is 103 Å². The quantitative estimate of drug-likeness (QED) is 0.607. The zero-order chi connectivity index (χ0) is 12.5. The van der Waals surface area contributed by atoms with E-state index in [1.165, 1.54) is 25.7 Å². The highest BCUT2D eigenvalue weighted by Gasteiger charge is 2.41. The average Bonchev–Trinajstić information content (AvgIpc) is 2.25. The number of esters is 1. The molecule has 2 saturated carbocycles. The maximum absolute atomic E-state index is 11.3. The highest BCUT2D eigenvalue weighted by molar-refractivity contribution is 5.86. The van der Waals surface area contributed by atoms with Crippen LogP contribution >= 0.6 is 0 Å². The zero-order valence-electron chi connectivity index (χ0n) is 10.6. The molecule has 0 heterocycles. The summed E-state index contributed by atoms with van der Waals surface area (Å²) in [6, 6.07) is 0. The molecule has 2 atom stereocenters. The number of aliphatic hydroxyl groups is 1. The van der Waals surface area contributed by atoms with Crippen molar-refractivity contribution in [2.75, 3.05) is 6.61 Å². The summed E-state index contributed by atoms with van der Waals surface area (Å²) in [6.07, 6.45) is 6.54. The molecule has 17 heavy (non-hydrogen) atoms. The fourth-order valence-electron chi connectivity index (χ4n) is 3.37. The molecule has 2 aliphatic carbocycles. The van der Waals surface area contributed by atoms with Crippen LogP contribution in [0.5, 0.6) is 0 Å². The number of hydrogen-bond donors (Lipinski definition) is 1. The van der Waals surface area contributed by atoms with Crippen LogP contribution in [-0.2, 0) is 9.53 Å². The molecule has 2 fully saturated rings. The molecule has 3 nitrogen and oxygen atoms in total. The van der Waals surface area contributed by atoms with E-state index in [0.29, 0.717) is 17.4 Å². The summed E-state index contributed by atoms with van der Waals surface area (Å²) in [4.78, 5) is 11.3. The first-order valence-electron chi connectivity index (χ1n) is 6.53. The summed E-state index contributed by atoms with van der Waals surface area (Å²) < 4.78 is 5.12. The summed E-state index contributed by atoms with van der Waals surface area (Å²) in [7, 11) is 0. The predicted molar refractivity (Wildman–Crippen MR) is 65.4 cm³/mol. The van der Waals surface area contributed by atoms with Gasteiger partial charge in [0.2, 0.25) is 0 Å². The molecule has 0 aromatic rings. The maximum atomic E-state index is 11.3. The molecule has 0 radical (unpaired) electrons. The molecular formula is C14H22O3. The molecule has 2 rings (SSSR count). The van der Waals surface area contributed by atoms with Gasteiger partial charge in [0.1, 0.15) is 6.61 Å². The van der Waals surface area contributed by atoms with Crippen molar-refractivity contribution in [1.82, 2.24) is 0 Å². The highest BCUT2D eigenvalue weighted by Crippen LogP contribution is 2.44.